The van der Waals surface area contributed by atoms with Crippen molar-refractivity contribution in [1.29, 1.82) is 0 Å². The second-order valence-electron chi connectivity index (χ2n) is 3.93. The van der Waals surface area contributed by atoms with E-state index in [0.717, 1.165) is 17.2 Å². The number of methoxy groups -OCH3 is 1. The van der Waals surface area contributed by atoms with Crippen LogP contribution in [0, 0.1) is 11.8 Å². The fraction of sp³-hybridized carbons (Fsp3) is 1.00. The first kappa shape index (κ1) is 12.4. The van der Waals surface area contributed by atoms with Gasteiger partial charge in [-0.1, -0.05) is 29.8 Å². The van der Waals surface area contributed by atoms with Gasteiger partial charge in [-0.25, -0.2) is 0 Å². The van der Waals surface area contributed by atoms with Crippen molar-refractivity contribution in [3.05, 3.63) is 0 Å². The zero-order valence-electron chi connectivity index (χ0n) is 8.64. The molecule has 12 heavy (non-hydrogen) atoms. The summed E-state index contributed by atoms with van der Waals surface area (Å²) in [6.07, 6.45) is 2.85. The monoisotopic (exact) mass is 236 g/mol. The molecule has 0 radical (unpaired) electrons. The molecular weight excluding hydrogens is 216 g/mol. The summed E-state index contributed by atoms with van der Waals surface area (Å²) in [6.45, 7) is 6.68. The van der Waals surface area contributed by atoms with E-state index in [0.29, 0.717) is 6.10 Å². The molecular formula is C10H21BrO. The molecule has 0 N–H and O–H groups in total. The fourth-order valence-electron chi connectivity index (χ4n) is 1.45. The summed E-state index contributed by atoms with van der Waals surface area (Å²) < 4.78 is 5.24. The van der Waals surface area contributed by atoms with Crippen LogP contribution in [-0.2, 0) is 4.74 Å². The maximum Gasteiger partial charge on any atom is 0.0546 e. The summed E-state index contributed by atoms with van der Waals surface area (Å²) in [5.74, 6) is 1.55. The van der Waals surface area contributed by atoms with Gasteiger partial charge in [0.25, 0.3) is 0 Å². The summed E-state index contributed by atoms with van der Waals surface area (Å²) in [5, 5.41) is 1.10. The molecule has 0 aliphatic rings. The number of alkyl halides is 1. The molecule has 0 amide bonds. The van der Waals surface area contributed by atoms with Gasteiger partial charge >= 0.3 is 0 Å². The van der Waals surface area contributed by atoms with Crippen LogP contribution < -0.4 is 0 Å². The third-order valence-corrected chi connectivity index (χ3v) is 3.01. The standard InChI is InChI=1S/C10H21BrO/c1-8(2)5-10(7-11)6-9(3)12-4/h8-10H,5-7H2,1-4H3. The third kappa shape index (κ3) is 6.01. The molecule has 0 aromatic carbocycles. The van der Waals surface area contributed by atoms with E-state index in [2.05, 4.69) is 36.7 Å². The first-order valence-electron chi connectivity index (χ1n) is 4.68. The Balaban J connectivity index is 3.66. The van der Waals surface area contributed by atoms with Gasteiger partial charge in [-0.2, -0.15) is 0 Å². The van der Waals surface area contributed by atoms with Gasteiger partial charge in [0.2, 0.25) is 0 Å². The van der Waals surface area contributed by atoms with Crippen LogP contribution >= 0.6 is 15.9 Å². The minimum Gasteiger partial charge on any atom is -0.382 e. The molecule has 1 nitrogen and oxygen atoms in total. The van der Waals surface area contributed by atoms with E-state index in [9.17, 15) is 0 Å². The zero-order chi connectivity index (χ0) is 9.56. The first-order valence-corrected chi connectivity index (χ1v) is 5.81. The number of hydrogen-bond acceptors (Lipinski definition) is 1. The van der Waals surface area contributed by atoms with E-state index in [1.807, 2.05) is 0 Å². The lowest BCUT2D eigenvalue weighted by Crippen LogP contribution is -2.15. The molecule has 2 unspecified atom stereocenters. The number of rotatable bonds is 6. The largest absolute Gasteiger partial charge is 0.382 e. The molecule has 0 bridgehead atoms. The van der Waals surface area contributed by atoms with Gasteiger partial charge in [-0.3, -0.25) is 0 Å². The Morgan fingerprint density at radius 2 is 1.75 bits per heavy atom. The molecule has 0 heterocycles. The van der Waals surface area contributed by atoms with Crippen molar-refractivity contribution in [1.82, 2.24) is 0 Å². The van der Waals surface area contributed by atoms with Crippen LogP contribution in [0.2, 0.25) is 0 Å². The lowest BCUT2D eigenvalue weighted by molar-refractivity contribution is 0.0950. The molecule has 0 saturated carbocycles. The Morgan fingerprint density at radius 1 is 1.17 bits per heavy atom. The average molecular weight is 237 g/mol. The summed E-state index contributed by atoms with van der Waals surface area (Å²) in [7, 11) is 1.78. The Bertz CT molecular complexity index is 104. The van der Waals surface area contributed by atoms with E-state index >= 15 is 0 Å². The second-order valence-corrected chi connectivity index (χ2v) is 4.58. The molecule has 0 fully saturated rings. The molecule has 0 aliphatic carbocycles. The van der Waals surface area contributed by atoms with Crippen molar-refractivity contribution in [2.45, 2.75) is 39.7 Å². The molecule has 0 spiro atoms. The van der Waals surface area contributed by atoms with Crippen LogP contribution in [0.25, 0.3) is 0 Å². The number of ether oxygens (including phenoxy) is 1. The van der Waals surface area contributed by atoms with E-state index < -0.39 is 0 Å². The minimum absolute atomic E-state index is 0.395. The smallest absolute Gasteiger partial charge is 0.0546 e. The summed E-state index contributed by atoms with van der Waals surface area (Å²) in [4.78, 5) is 0. The van der Waals surface area contributed by atoms with Crippen LogP contribution in [0.4, 0.5) is 0 Å². The molecule has 0 rings (SSSR count). The van der Waals surface area contributed by atoms with Crippen molar-refractivity contribution in [3.63, 3.8) is 0 Å². The Kier molecular flexibility index (Phi) is 7.16. The lowest BCUT2D eigenvalue weighted by atomic mass is 9.94. The van der Waals surface area contributed by atoms with Crippen LogP contribution in [0.1, 0.15) is 33.6 Å². The van der Waals surface area contributed by atoms with Gasteiger partial charge in [0.05, 0.1) is 6.10 Å². The van der Waals surface area contributed by atoms with Gasteiger partial charge in [-0.05, 0) is 31.6 Å². The normalized spacial score (nSPS) is 16.5. The maximum atomic E-state index is 5.24. The average Bonchev–Trinajstić information content (AvgIpc) is 2.02. The first-order chi connectivity index (χ1) is 5.60. The molecule has 0 aliphatic heterocycles. The second kappa shape index (κ2) is 6.90. The van der Waals surface area contributed by atoms with E-state index in [-0.39, 0.29) is 0 Å². The van der Waals surface area contributed by atoms with Gasteiger partial charge in [0.1, 0.15) is 0 Å². The van der Waals surface area contributed by atoms with Crippen molar-refractivity contribution in [2.75, 3.05) is 12.4 Å². The Labute approximate surface area is 85.0 Å². The zero-order valence-corrected chi connectivity index (χ0v) is 10.2. The van der Waals surface area contributed by atoms with Gasteiger partial charge in [0, 0.05) is 12.4 Å². The van der Waals surface area contributed by atoms with Gasteiger partial charge in [-0.15, -0.1) is 0 Å². The summed E-state index contributed by atoms with van der Waals surface area (Å²) >= 11 is 3.55. The van der Waals surface area contributed by atoms with Crippen molar-refractivity contribution in [2.24, 2.45) is 11.8 Å². The molecule has 74 valence electrons. The SMILES string of the molecule is COC(C)CC(CBr)CC(C)C. The topological polar surface area (TPSA) is 9.23 Å². The van der Waals surface area contributed by atoms with Crippen LogP contribution in [0.3, 0.4) is 0 Å². The Hall–Kier alpha value is 0.440. The molecule has 0 aromatic heterocycles. The number of halogens is 1. The lowest BCUT2D eigenvalue weighted by Gasteiger charge is -2.19. The molecule has 0 aromatic rings. The van der Waals surface area contributed by atoms with Crippen LogP contribution in [0.15, 0.2) is 0 Å². The van der Waals surface area contributed by atoms with Crippen molar-refractivity contribution in [3.8, 4) is 0 Å². The molecule has 0 saturated heterocycles. The highest BCUT2D eigenvalue weighted by Gasteiger charge is 2.12. The third-order valence-electron chi connectivity index (χ3n) is 2.09. The van der Waals surface area contributed by atoms with Gasteiger partial charge < -0.3 is 4.74 Å². The van der Waals surface area contributed by atoms with Crippen molar-refractivity contribution >= 4 is 15.9 Å². The highest BCUT2D eigenvalue weighted by atomic mass is 79.9. The predicted molar refractivity (Wildman–Crippen MR) is 57.8 cm³/mol. The predicted octanol–water partition coefficient (Wildman–Crippen LogP) is 3.47. The quantitative estimate of drug-likeness (QED) is 0.643. The van der Waals surface area contributed by atoms with Crippen molar-refractivity contribution < 1.29 is 4.74 Å². The van der Waals surface area contributed by atoms with Gasteiger partial charge in [0.15, 0.2) is 0 Å². The van der Waals surface area contributed by atoms with E-state index in [4.69, 9.17) is 4.74 Å². The highest BCUT2D eigenvalue weighted by Crippen LogP contribution is 2.20. The van der Waals surface area contributed by atoms with Crippen LogP contribution in [0.5, 0.6) is 0 Å². The van der Waals surface area contributed by atoms with E-state index in [1.54, 1.807) is 7.11 Å². The number of hydrogen-bond donors (Lipinski definition) is 0. The van der Waals surface area contributed by atoms with E-state index in [1.165, 1.54) is 12.8 Å². The molecule has 2 atom stereocenters. The summed E-state index contributed by atoms with van der Waals surface area (Å²) in [6, 6.07) is 0. The fourth-order valence-corrected chi connectivity index (χ4v) is 1.98. The minimum atomic E-state index is 0.395. The maximum absolute atomic E-state index is 5.24. The molecule has 2 heteroatoms. The Morgan fingerprint density at radius 3 is 2.08 bits per heavy atom. The summed E-state index contributed by atoms with van der Waals surface area (Å²) in [5.41, 5.74) is 0. The van der Waals surface area contributed by atoms with Crippen LogP contribution in [-0.4, -0.2) is 18.5 Å². The highest BCUT2D eigenvalue weighted by molar-refractivity contribution is 9.09.